The van der Waals surface area contributed by atoms with Gasteiger partial charge in [-0.15, -0.1) is 0 Å². The van der Waals surface area contributed by atoms with E-state index in [1.165, 1.54) is 5.56 Å². The van der Waals surface area contributed by atoms with E-state index in [0.717, 1.165) is 42.8 Å². The number of hydrogen-bond acceptors (Lipinski definition) is 4. The molecule has 1 saturated heterocycles. The van der Waals surface area contributed by atoms with Gasteiger partial charge in [-0.2, -0.15) is 0 Å². The molecule has 6 heteroatoms. The third kappa shape index (κ3) is 4.20. The fraction of sp³-hybridized carbons (Fsp3) is 0.304. The number of benzene rings is 2. The molecule has 2 aromatic carbocycles. The van der Waals surface area contributed by atoms with E-state index in [0.29, 0.717) is 17.9 Å². The summed E-state index contributed by atoms with van der Waals surface area (Å²) < 4.78 is 0.728. The minimum Gasteiger partial charge on any atom is -0.297 e. The number of anilines is 1. The normalized spacial score (nSPS) is 18.1. The number of hydrogen-bond donors (Lipinski definition) is 0. The molecule has 150 valence electrons. The molecule has 0 saturated carbocycles. The molecule has 0 atom stereocenters. The number of carbonyl (C=O) groups excluding carboxylic acids is 2. The van der Waals surface area contributed by atoms with Crippen molar-refractivity contribution in [2.75, 3.05) is 44.3 Å². The van der Waals surface area contributed by atoms with Crippen molar-refractivity contribution in [2.45, 2.75) is 6.92 Å². The highest BCUT2D eigenvalue weighted by Gasteiger charge is 2.38. The Balaban J connectivity index is 1.34. The van der Waals surface area contributed by atoms with E-state index in [1.807, 2.05) is 37.3 Å². The molecular formula is C23H24BrN3O2. The number of fused-ring (bicyclic) bond motifs is 1. The Labute approximate surface area is 179 Å². The summed E-state index contributed by atoms with van der Waals surface area (Å²) >= 11 is 3.47. The van der Waals surface area contributed by atoms with Crippen LogP contribution in [0.3, 0.4) is 0 Å². The van der Waals surface area contributed by atoms with Crippen LogP contribution in [0, 0.1) is 6.92 Å². The number of halogens is 1. The topological polar surface area (TPSA) is 43.9 Å². The Kier molecular flexibility index (Phi) is 5.94. The van der Waals surface area contributed by atoms with Gasteiger partial charge in [0.15, 0.2) is 0 Å². The molecule has 2 aromatic rings. The highest BCUT2D eigenvalue weighted by atomic mass is 79.9. The van der Waals surface area contributed by atoms with Crippen LogP contribution in [0.2, 0.25) is 0 Å². The van der Waals surface area contributed by atoms with Crippen molar-refractivity contribution in [1.29, 1.82) is 0 Å². The summed E-state index contributed by atoms with van der Waals surface area (Å²) in [5.74, 6) is -0.847. The first-order valence-corrected chi connectivity index (χ1v) is 10.7. The number of aryl methyl sites for hydroxylation is 1. The highest BCUT2D eigenvalue weighted by Crippen LogP contribution is 2.36. The Morgan fingerprint density at radius 2 is 1.66 bits per heavy atom. The van der Waals surface area contributed by atoms with Crippen LogP contribution in [0.25, 0.3) is 6.08 Å². The zero-order chi connectivity index (χ0) is 20.4. The van der Waals surface area contributed by atoms with Gasteiger partial charge in [-0.3, -0.25) is 24.3 Å². The quantitative estimate of drug-likeness (QED) is 0.648. The summed E-state index contributed by atoms with van der Waals surface area (Å²) in [5, 5.41) is 0. The fourth-order valence-electron chi connectivity index (χ4n) is 3.81. The summed E-state index contributed by atoms with van der Waals surface area (Å²) in [7, 11) is 0. The smallest absolute Gasteiger partial charge is 0.297 e. The zero-order valence-corrected chi connectivity index (χ0v) is 18.1. The lowest BCUT2D eigenvalue weighted by Gasteiger charge is -2.36. The number of rotatable bonds is 5. The second-order valence-corrected chi connectivity index (χ2v) is 8.32. The van der Waals surface area contributed by atoms with Crippen molar-refractivity contribution < 1.29 is 9.59 Å². The van der Waals surface area contributed by atoms with Crippen LogP contribution < -0.4 is 4.90 Å². The molecule has 4 rings (SSSR count). The van der Waals surface area contributed by atoms with Crippen LogP contribution in [0.5, 0.6) is 0 Å². The van der Waals surface area contributed by atoms with Crippen molar-refractivity contribution >= 4 is 39.4 Å². The van der Waals surface area contributed by atoms with Crippen LogP contribution in [-0.4, -0.2) is 60.9 Å². The average Bonchev–Trinajstić information content (AvgIpc) is 2.98. The molecule has 1 fully saturated rings. The average molecular weight is 454 g/mol. The molecule has 0 radical (unpaired) electrons. The lowest BCUT2D eigenvalue weighted by Crippen LogP contribution is -2.50. The van der Waals surface area contributed by atoms with Crippen LogP contribution in [-0.2, 0) is 4.79 Å². The number of Topliss-reactive ketones (excluding diaryl/α,β-unsaturated/α-hetero) is 1. The van der Waals surface area contributed by atoms with E-state index in [4.69, 9.17) is 0 Å². The maximum Gasteiger partial charge on any atom is 0.300 e. The minimum absolute atomic E-state index is 0.416. The van der Waals surface area contributed by atoms with Gasteiger partial charge in [-0.05, 0) is 40.0 Å². The molecule has 29 heavy (non-hydrogen) atoms. The van der Waals surface area contributed by atoms with Crippen LogP contribution in [0.15, 0.2) is 53.0 Å². The van der Waals surface area contributed by atoms with Gasteiger partial charge in [-0.1, -0.05) is 48.6 Å². The standard InChI is InChI=1S/C23H24BrN3O2/c1-17-9-10-19-20(21(17)24)22(28)23(29)27(19)16-26-14-12-25(13-15-26)11-5-8-18-6-3-2-4-7-18/h2-10H,11-16H2,1H3/b8-5+. The van der Waals surface area contributed by atoms with Gasteiger partial charge in [0.05, 0.1) is 17.9 Å². The van der Waals surface area contributed by atoms with Crippen molar-refractivity contribution in [1.82, 2.24) is 9.80 Å². The summed E-state index contributed by atoms with van der Waals surface area (Å²) in [6.07, 6.45) is 4.35. The molecule has 2 aliphatic rings. The van der Waals surface area contributed by atoms with E-state index in [9.17, 15) is 9.59 Å². The molecule has 0 unspecified atom stereocenters. The maximum absolute atomic E-state index is 12.5. The van der Waals surface area contributed by atoms with Crippen LogP contribution in [0.4, 0.5) is 5.69 Å². The Morgan fingerprint density at radius 1 is 0.966 bits per heavy atom. The second-order valence-electron chi connectivity index (χ2n) is 7.53. The molecule has 2 aliphatic heterocycles. The highest BCUT2D eigenvalue weighted by molar-refractivity contribution is 9.10. The number of ketones is 1. The number of piperazine rings is 1. The van der Waals surface area contributed by atoms with E-state index in [2.05, 4.69) is 50.0 Å². The van der Waals surface area contributed by atoms with Gasteiger partial charge in [-0.25, -0.2) is 0 Å². The zero-order valence-electron chi connectivity index (χ0n) is 16.5. The maximum atomic E-state index is 12.5. The largest absolute Gasteiger partial charge is 0.300 e. The first kappa shape index (κ1) is 20.0. The third-order valence-corrected chi connectivity index (χ3v) is 6.57. The SMILES string of the molecule is Cc1ccc2c(c1Br)C(=O)C(=O)N2CN1CCN(C/C=C/c2ccccc2)CC1. The predicted molar refractivity (Wildman–Crippen MR) is 119 cm³/mol. The van der Waals surface area contributed by atoms with E-state index >= 15 is 0 Å². The van der Waals surface area contributed by atoms with Gasteiger partial charge in [0.25, 0.3) is 5.78 Å². The predicted octanol–water partition coefficient (Wildman–Crippen LogP) is 3.58. The Hall–Kier alpha value is -2.28. The summed E-state index contributed by atoms with van der Waals surface area (Å²) in [6, 6.07) is 14.1. The van der Waals surface area contributed by atoms with Crippen LogP contribution >= 0.6 is 15.9 Å². The fourth-order valence-corrected chi connectivity index (χ4v) is 4.32. The monoisotopic (exact) mass is 453 g/mol. The first-order valence-electron chi connectivity index (χ1n) is 9.86. The van der Waals surface area contributed by atoms with Gasteiger partial charge in [0.2, 0.25) is 0 Å². The number of carbonyl (C=O) groups is 2. The van der Waals surface area contributed by atoms with Gasteiger partial charge in [0.1, 0.15) is 0 Å². The molecule has 1 amide bonds. The summed E-state index contributed by atoms with van der Waals surface area (Å²) in [6.45, 7) is 6.94. The van der Waals surface area contributed by atoms with Crippen molar-refractivity contribution in [3.05, 3.63) is 69.7 Å². The van der Waals surface area contributed by atoms with E-state index in [-0.39, 0.29) is 0 Å². The van der Waals surface area contributed by atoms with Crippen molar-refractivity contribution in [3.63, 3.8) is 0 Å². The van der Waals surface area contributed by atoms with Gasteiger partial charge >= 0.3 is 5.91 Å². The Bertz CT molecular complexity index is 950. The minimum atomic E-state index is -0.431. The molecule has 0 aliphatic carbocycles. The molecule has 5 nitrogen and oxygen atoms in total. The number of nitrogens with zero attached hydrogens (tertiary/aromatic N) is 3. The van der Waals surface area contributed by atoms with Gasteiger partial charge in [0, 0.05) is 37.2 Å². The third-order valence-electron chi connectivity index (χ3n) is 5.55. The second kappa shape index (κ2) is 8.61. The lowest BCUT2D eigenvalue weighted by molar-refractivity contribution is -0.114. The molecule has 0 N–H and O–H groups in total. The van der Waals surface area contributed by atoms with E-state index in [1.54, 1.807) is 4.90 Å². The molecule has 2 heterocycles. The molecular weight excluding hydrogens is 430 g/mol. The molecule has 0 aromatic heterocycles. The summed E-state index contributed by atoms with van der Waals surface area (Å²) in [5.41, 5.74) is 3.39. The van der Waals surface area contributed by atoms with Crippen LogP contribution in [0.1, 0.15) is 21.5 Å². The Morgan fingerprint density at radius 3 is 2.38 bits per heavy atom. The van der Waals surface area contributed by atoms with Crippen molar-refractivity contribution in [3.8, 4) is 0 Å². The van der Waals surface area contributed by atoms with Gasteiger partial charge < -0.3 is 0 Å². The lowest BCUT2D eigenvalue weighted by atomic mass is 10.1. The van der Waals surface area contributed by atoms with E-state index < -0.39 is 11.7 Å². The molecule has 0 spiro atoms. The molecule has 0 bridgehead atoms. The number of amides is 1. The van der Waals surface area contributed by atoms with Crippen molar-refractivity contribution in [2.24, 2.45) is 0 Å². The summed E-state index contributed by atoms with van der Waals surface area (Å²) in [4.78, 5) is 31.3. The first-order chi connectivity index (χ1) is 14.0.